The standard InChI is InChI=1S/C18H20FN3O5S2/c1-11-3-7-14(29(26,27)21-12-4-5-12)10-15(11)18(23)20-13-6-8-16(19)17(9-13)22-28(2,24)25/h3,6-10,12,21-22H,4-5H2,1-2H3,(H,20,23). The Kier molecular flexibility index (Phi) is 5.65. The Bertz CT molecular complexity index is 1180. The van der Waals surface area contributed by atoms with Crippen molar-refractivity contribution in [2.75, 3.05) is 16.3 Å². The maximum absolute atomic E-state index is 13.8. The third-order valence-electron chi connectivity index (χ3n) is 4.18. The highest BCUT2D eigenvalue weighted by atomic mass is 32.2. The first kappa shape index (κ1) is 21.2. The van der Waals surface area contributed by atoms with E-state index in [0.717, 1.165) is 31.2 Å². The fraction of sp³-hybridized carbons (Fsp3) is 0.278. The van der Waals surface area contributed by atoms with Crippen LogP contribution in [0.5, 0.6) is 0 Å². The Balaban J connectivity index is 1.85. The molecule has 1 aliphatic carbocycles. The summed E-state index contributed by atoms with van der Waals surface area (Å²) in [4.78, 5) is 12.6. The zero-order valence-corrected chi connectivity index (χ0v) is 17.3. The van der Waals surface area contributed by atoms with E-state index in [1.54, 1.807) is 6.92 Å². The van der Waals surface area contributed by atoms with Crippen LogP contribution in [0.2, 0.25) is 0 Å². The van der Waals surface area contributed by atoms with Crippen molar-refractivity contribution in [3.05, 3.63) is 53.3 Å². The van der Waals surface area contributed by atoms with Crippen molar-refractivity contribution in [1.82, 2.24) is 4.72 Å². The molecule has 2 aromatic rings. The van der Waals surface area contributed by atoms with Crippen LogP contribution >= 0.6 is 0 Å². The first-order valence-corrected chi connectivity index (χ1v) is 12.0. The van der Waals surface area contributed by atoms with Gasteiger partial charge in [-0.25, -0.2) is 25.9 Å². The summed E-state index contributed by atoms with van der Waals surface area (Å²) in [6, 6.07) is 7.56. The number of carbonyl (C=O) groups excluding carboxylic acids is 1. The van der Waals surface area contributed by atoms with Gasteiger partial charge in [-0.3, -0.25) is 9.52 Å². The van der Waals surface area contributed by atoms with Crippen LogP contribution in [0.4, 0.5) is 15.8 Å². The Morgan fingerprint density at radius 3 is 2.38 bits per heavy atom. The maximum atomic E-state index is 13.8. The molecular formula is C18H20FN3O5S2. The lowest BCUT2D eigenvalue weighted by Gasteiger charge is -2.12. The van der Waals surface area contributed by atoms with Gasteiger partial charge in [0.15, 0.2) is 0 Å². The fourth-order valence-corrected chi connectivity index (χ4v) is 4.47. The molecule has 0 spiro atoms. The zero-order chi connectivity index (χ0) is 21.4. The van der Waals surface area contributed by atoms with Gasteiger partial charge in [-0.15, -0.1) is 0 Å². The summed E-state index contributed by atoms with van der Waals surface area (Å²) in [7, 11) is -7.44. The van der Waals surface area contributed by atoms with Gasteiger partial charge in [-0.1, -0.05) is 6.07 Å². The fourth-order valence-electron chi connectivity index (χ4n) is 2.58. The molecule has 0 saturated heterocycles. The number of carbonyl (C=O) groups is 1. The van der Waals surface area contributed by atoms with Crippen molar-refractivity contribution >= 4 is 37.3 Å². The van der Waals surface area contributed by atoms with Crippen molar-refractivity contribution in [2.45, 2.75) is 30.7 Å². The van der Waals surface area contributed by atoms with Crippen molar-refractivity contribution in [3.63, 3.8) is 0 Å². The lowest BCUT2D eigenvalue weighted by molar-refractivity contribution is 0.102. The molecule has 0 unspecified atom stereocenters. The molecule has 1 amide bonds. The topological polar surface area (TPSA) is 121 Å². The first-order chi connectivity index (χ1) is 13.4. The Labute approximate surface area is 168 Å². The van der Waals surface area contributed by atoms with Gasteiger partial charge in [0.2, 0.25) is 20.0 Å². The maximum Gasteiger partial charge on any atom is 0.255 e. The molecule has 1 aliphatic rings. The lowest BCUT2D eigenvalue weighted by Crippen LogP contribution is -2.26. The number of hydrogen-bond donors (Lipinski definition) is 3. The van der Waals surface area contributed by atoms with E-state index in [4.69, 9.17) is 0 Å². The smallest absolute Gasteiger partial charge is 0.255 e. The van der Waals surface area contributed by atoms with Crippen LogP contribution in [0.1, 0.15) is 28.8 Å². The second-order valence-electron chi connectivity index (χ2n) is 6.90. The second-order valence-corrected chi connectivity index (χ2v) is 10.4. The SMILES string of the molecule is Cc1ccc(S(=O)(=O)NC2CC2)cc1C(=O)Nc1ccc(F)c(NS(C)(=O)=O)c1. The van der Waals surface area contributed by atoms with Crippen LogP contribution in [0.25, 0.3) is 0 Å². The highest BCUT2D eigenvalue weighted by molar-refractivity contribution is 7.92. The highest BCUT2D eigenvalue weighted by Gasteiger charge is 2.28. The van der Waals surface area contributed by atoms with Crippen LogP contribution in [0.15, 0.2) is 41.3 Å². The zero-order valence-electron chi connectivity index (χ0n) is 15.7. The number of halogens is 1. The van der Waals surface area contributed by atoms with Gasteiger partial charge in [0.1, 0.15) is 5.82 Å². The number of nitrogens with one attached hydrogen (secondary N) is 3. The van der Waals surface area contributed by atoms with Crippen LogP contribution in [0.3, 0.4) is 0 Å². The summed E-state index contributed by atoms with van der Waals surface area (Å²) >= 11 is 0. The van der Waals surface area contributed by atoms with Gasteiger partial charge >= 0.3 is 0 Å². The van der Waals surface area contributed by atoms with E-state index in [0.29, 0.717) is 5.56 Å². The van der Waals surface area contributed by atoms with E-state index in [9.17, 15) is 26.0 Å². The van der Waals surface area contributed by atoms with E-state index in [1.165, 1.54) is 24.3 Å². The predicted molar refractivity (Wildman–Crippen MR) is 107 cm³/mol. The molecule has 11 heteroatoms. The van der Waals surface area contributed by atoms with Gasteiger partial charge in [-0.05, 0) is 55.7 Å². The number of hydrogen-bond acceptors (Lipinski definition) is 5. The Morgan fingerprint density at radius 1 is 1.07 bits per heavy atom. The minimum Gasteiger partial charge on any atom is -0.322 e. The molecule has 3 N–H and O–H groups in total. The highest BCUT2D eigenvalue weighted by Crippen LogP contribution is 2.25. The molecule has 0 radical (unpaired) electrons. The van der Waals surface area contributed by atoms with Gasteiger partial charge in [0, 0.05) is 17.3 Å². The summed E-state index contributed by atoms with van der Waals surface area (Å²) in [5.41, 5.74) is 0.508. The number of amides is 1. The summed E-state index contributed by atoms with van der Waals surface area (Å²) < 4.78 is 65.8. The Morgan fingerprint density at radius 2 is 1.76 bits per heavy atom. The van der Waals surface area contributed by atoms with Crippen LogP contribution in [-0.4, -0.2) is 35.0 Å². The minimum atomic E-state index is -3.73. The third kappa shape index (κ3) is 5.52. The Hall–Kier alpha value is -2.50. The number of benzene rings is 2. The molecule has 1 saturated carbocycles. The molecule has 0 bridgehead atoms. The van der Waals surface area contributed by atoms with E-state index < -0.39 is 31.8 Å². The number of aryl methyl sites for hydroxylation is 1. The van der Waals surface area contributed by atoms with Crippen molar-refractivity contribution < 1.29 is 26.0 Å². The molecule has 0 heterocycles. The van der Waals surface area contributed by atoms with Crippen molar-refractivity contribution in [3.8, 4) is 0 Å². The van der Waals surface area contributed by atoms with E-state index >= 15 is 0 Å². The van der Waals surface area contributed by atoms with Gasteiger partial charge in [0.05, 0.1) is 16.8 Å². The summed E-state index contributed by atoms with van der Waals surface area (Å²) in [6.45, 7) is 1.65. The van der Waals surface area contributed by atoms with E-state index in [2.05, 4.69) is 10.0 Å². The van der Waals surface area contributed by atoms with E-state index in [1.807, 2.05) is 4.72 Å². The minimum absolute atomic E-state index is 0.0290. The van der Waals surface area contributed by atoms with Crippen LogP contribution in [0, 0.1) is 12.7 Å². The van der Waals surface area contributed by atoms with Crippen molar-refractivity contribution in [2.24, 2.45) is 0 Å². The summed E-state index contributed by atoms with van der Waals surface area (Å²) in [5, 5.41) is 2.53. The molecule has 3 rings (SSSR count). The number of sulfonamides is 2. The first-order valence-electron chi connectivity index (χ1n) is 8.66. The van der Waals surface area contributed by atoms with Crippen LogP contribution < -0.4 is 14.8 Å². The van der Waals surface area contributed by atoms with E-state index in [-0.39, 0.29) is 27.9 Å². The normalized spacial score (nSPS) is 14.4. The molecule has 0 aliphatic heterocycles. The average Bonchev–Trinajstić information content (AvgIpc) is 3.40. The number of rotatable bonds is 7. The summed E-state index contributed by atoms with van der Waals surface area (Å²) in [6.07, 6.45) is 2.45. The quantitative estimate of drug-likeness (QED) is 0.608. The largest absolute Gasteiger partial charge is 0.322 e. The average molecular weight is 442 g/mol. The van der Waals surface area contributed by atoms with Gasteiger partial charge in [0.25, 0.3) is 5.91 Å². The molecule has 1 fully saturated rings. The molecule has 0 aromatic heterocycles. The lowest BCUT2D eigenvalue weighted by atomic mass is 10.1. The number of anilines is 2. The molecular weight excluding hydrogens is 421 g/mol. The molecule has 2 aromatic carbocycles. The predicted octanol–water partition coefficient (Wildman–Crippen LogP) is 2.20. The summed E-state index contributed by atoms with van der Waals surface area (Å²) in [5.74, 6) is -1.41. The second kappa shape index (κ2) is 7.73. The van der Waals surface area contributed by atoms with Crippen molar-refractivity contribution in [1.29, 1.82) is 0 Å². The molecule has 29 heavy (non-hydrogen) atoms. The third-order valence-corrected chi connectivity index (χ3v) is 6.29. The molecule has 156 valence electrons. The van der Waals surface area contributed by atoms with Crippen LogP contribution in [-0.2, 0) is 20.0 Å². The van der Waals surface area contributed by atoms with Gasteiger partial charge in [-0.2, -0.15) is 0 Å². The van der Waals surface area contributed by atoms with Gasteiger partial charge < -0.3 is 5.32 Å². The molecule has 0 atom stereocenters. The monoisotopic (exact) mass is 441 g/mol. The molecule has 8 nitrogen and oxygen atoms in total.